The van der Waals surface area contributed by atoms with Crippen molar-refractivity contribution in [1.29, 1.82) is 0 Å². The van der Waals surface area contributed by atoms with Gasteiger partial charge in [0.2, 0.25) is 0 Å². The summed E-state index contributed by atoms with van der Waals surface area (Å²) in [5, 5.41) is 3.63. The fourth-order valence-electron chi connectivity index (χ4n) is 1.67. The quantitative estimate of drug-likeness (QED) is 0.427. The number of rotatable bonds is 7. The largest absolute Gasteiger partial charge is 0.399 e. The lowest BCUT2D eigenvalue weighted by Crippen LogP contribution is -1.94. The summed E-state index contributed by atoms with van der Waals surface area (Å²) in [5.41, 5.74) is 2.67. The van der Waals surface area contributed by atoms with Crippen LogP contribution in [0.3, 0.4) is 0 Å². The molecule has 0 amide bonds. The number of hydrogen-bond acceptors (Lipinski definition) is 3. The molecular weight excluding hydrogens is 277 g/mol. The van der Waals surface area contributed by atoms with Crippen molar-refractivity contribution in [3.63, 3.8) is 0 Å². The fraction of sp³-hybridized carbons (Fsp3) is 0.500. The highest BCUT2D eigenvalue weighted by molar-refractivity contribution is 8.31. The topological polar surface area (TPSA) is 34.0 Å². The molecule has 0 aromatic heterocycles. The summed E-state index contributed by atoms with van der Waals surface area (Å²) in [4.78, 5) is 9.87. The van der Waals surface area contributed by atoms with Crippen LogP contribution in [0.5, 0.6) is 0 Å². The molecule has 0 N–H and O–H groups in total. The standard InChI is InChI=1S/C12H17F3N2OS/c1-9-11(4-3-6-17-18-2)19(8-16-9)7-5-10(13)12(14)15/h6,8,19H,3-5,7H2,1-2H3/b17-6+. The lowest BCUT2D eigenvalue weighted by atomic mass is 10.3. The molecule has 0 spiro atoms. The average molecular weight is 294 g/mol. The van der Waals surface area contributed by atoms with E-state index >= 15 is 0 Å². The number of halogens is 3. The number of thiol groups is 1. The molecule has 1 atom stereocenters. The van der Waals surface area contributed by atoms with E-state index in [1.807, 2.05) is 6.92 Å². The van der Waals surface area contributed by atoms with E-state index in [0.717, 1.165) is 17.0 Å². The van der Waals surface area contributed by atoms with Crippen molar-refractivity contribution in [3.05, 3.63) is 22.5 Å². The van der Waals surface area contributed by atoms with Gasteiger partial charge in [-0.25, -0.2) is 4.39 Å². The Bertz CT molecular complexity index is 429. The molecule has 0 aliphatic carbocycles. The van der Waals surface area contributed by atoms with Gasteiger partial charge in [0.05, 0.1) is 0 Å². The lowest BCUT2D eigenvalue weighted by Gasteiger charge is -2.16. The molecule has 0 radical (unpaired) electrons. The molecule has 0 saturated heterocycles. The Hall–Kier alpha value is -1.24. The average Bonchev–Trinajstić information content (AvgIpc) is 2.73. The number of hydrogen-bond donors (Lipinski definition) is 1. The molecule has 0 aromatic rings. The highest BCUT2D eigenvalue weighted by atomic mass is 32.2. The van der Waals surface area contributed by atoms with Crippen LogP contribution in [0.4, 0.5) is 13.2 Å². The fourth-order valence-corrected chi connectivity index (χ4v) is 3.83. The van der Waals surface area contributed by atoms with Crippen LogP contribution in [0.15, 0.2) is 32.7 Å². The van der Waals surface area contributed by atoms with Crippen molar-refractivity contribution in [2.45, 2.75) is 26.2 Å². The Morgan fingerprint density at radius 3 is 2.84 bits per heavy atom. The summed E-state index contributed by atoms with van der Waals surface area (Å²) in [7, 11) is 0.717. The molecule has 1 unspecified atom stereocenters. The minimum Gasteiger partial charge on any atom is -0.399 e. The van der Waals surface area contributed by atoms with Crippen LogP contribution >= 0.6 is 10.9 Å². The molecule has 0 fully saturated rings. The molecule has 7 heteroatoms. The third-order valence-corrected chi connectivity index (χ3v) is 4.96. The first-order chi connectivity index (χ1) is 9.06. The number of nitrogens with zero attached hydrogens (tertiary/aromatic N) is 2. The maximum absolute atomic E-state index is 12.8. The monoisotopic (exact) mass is 294 g/mol. The first kappa shape index (κ1) is 15.8. The molecule has 1 rings (SSSR count). The molecule has 108 valence electrons. The van der Waals surface area contributed by atoms with Crippen LogP contribution in [0.1, 0.15) is 26.2 Å². The Morgan fingerprint density at radius 1 is 1.47 bits per heavy atom. The number of oxime groups is 1. The molecule has 19 heavy (non-hydrogen) atoms. The Labute approximate surface area is 113 Å². The second kappa shape index (κ2) is 8.04. The van der Waals surface area contributed by atoms with E-state index in [1.165, 1.54) is 7.11 Å². The van der Waals surface area contributed by atoms with Gasteiger partial charge in [0.25, 0.3) is 0 Å². The van der Waals surface area contributed by atoms with Crippen molar-refractivity contribution in [3.8, 4) is 0 Å². The van der Waals surface area contributed by atoms with E-state index in [2.05, 4.69) is 15.0 Å². The maximum atomic E-state index is 12.8. The Kier molecular flexibility index (Phi) is 6.69. The highest BCUT2D eigenvalue weighted by Gasteiger charge is 2.17. The van der Waals surface area contributed by atoms with Crippen molar-refractivity contribution in [1.82, 2.24) is 0 Å². The minimum absolute atomic E-state index is 0.233. The molecule has 3 nitrogen and oxygen atoms in total. The van der Waals surface area contributed by atoms with Gasteiger partial charge in [-0.2, -0.15) is 19.7 Å². The van der Waals surface area contributed by atoms with Crippen molar-refractivity contribution in [2.75, 3.05) is 12.9 Å². The van der Waals surface area contributed by atoms with Gasteiger partial charge in [0.15, 0.2) is 5.83 Å². The minimum atomic E-state index is -2.22. The summed E-state index contributed by atoms with van der Waals surface area (Å²) in [6.45, 7) is 1.88. The number of aliphatic imine (C=N–C) groups is 1. The SMILES string of the molecule is CO/N=C/CCC1=C(C)N=C[SH]1CCC(F)=C(F)F. The van der Waals surface area contributed by atoms with Gasteiger partial charge in [-0.05, 0) is 30.4 Å². The smallest absolute Gasteiger partial charge is 0.301 e. The van der Waals surface area contributed by atoms with Crippen molar-refractivity contribution < 1.29 is 18.0 Å². The van der Waals surface area contributed by atoms with Gasteiger partial charge in [-0.3, -0.25) is 4.99 Å². The zero-order chi connectivity index (χ0) is 14.3. The first-order valence-electron chi connectivity index (χ1n) is 5.81. The zero-order valence-corrected chi connectivity index (χ0v) is 11.8. The Balaban J connectivity index is 2.52. The lowest BCUT2D eigenvalue weighted by molar-refractivity contribution is 0.214. The molecule has 0 aromatic carbocycles. The first-order valence-corrected chi connectivity index (χ1v) is 7.41. The van der Waals surface area contributed by atoms with Gasteiger partial charge in [-0.15, -0.1) is 0 Å². The third kappa shape index (κ3) is 5.10. The van der Waals surface area contributed by atoms with E-state index < -0.39 is 22.8 Å². The Morgan fingerprint density at radius 2 is 2.21 bits per heavy atom. The van der Waals surface area contributed by atoms with Gasteiger partial charge in [0.1, 0.15) is 7.11 Å². The van der Waals surface area contributed by atoms with E-state index in [0.29, 0.717) is 12.2 Å². The normalized spacial score (nSPS) is 20.4. The van der Waals surface area contributed by atoms with E-state index in [1.54, 1.807) is 11.8 Å². The van der Waals surface area contributed by atoms with Gasteiger partial charge in [0, 0.05) is 23.9 Å². The molecule has 1 heterocycles. The van der Waals surface area contributed by atoms with Crippen LogP contribution in [-0.4, -0.2) is 24.6 Å². The summed E-state index contributed by atoms with van der Waals surface area (Å²) >= 11 is 0. The second-order valence-electron chi connectivity index (χ2n) is 3.89. The molecule has 1 aliphatic heterocycles. The second-order valence-corrected chi connectivity index (χ2v) is 6.05. The van der Waals surface area contributed by atoms with Crippen LogP contribution in [0, 0.1) is 0 Å². The summed E-state index contributed by atoms with van der Waals surface area (Å²) < 4.78 is 36.8. The maximum Gasteiger partial charge on any atom is 0.301 e. The van der Waals surface area contributed by atoms with Crippen LogP contribution < -0.4 is 0 Å². The predicted octanol–water partition coefficient (Wildman–Crippen LogP) is 4.14. The predicted molar refractivity (Wildman–Crippen MR) is 74.7 cm³/mol. The van der Waals surface area contributed by atoms with E-state index in [9.17, 15) is 13.2 Å². The van der Waals surface area contributed by atoms with Crippen LogP contribution in [0.2, 0.25) is 0 Å². The summed E-state index contributed by atoms with van der Waals surface area (Å²) in [5.74, 6) is -0.948. The van der Waals surface area contributed by atoms with Gasteiger partial charge in [-0.1, -0.05) is 5.16 Å². The van der Waals surface area contributed by atoms with E-state index in [-0.39, 0.29) is 6.42 Å². The highest BCUT2D eigenvalue weighted by Crippen LogP contribution is 2.43. The van der Waals surface area contributed by atoms with E-state index in [4.69, 9.17) is 0 Å². The third-order valence-electron chi connectivity index (χ3n) is 2.62. The van der Waals surface area contributed by atoms with Gasteiger partial charge < -0.3 is 4.84 Å². The number of allylic oxidation sites excluding steroid dienone is 3. The van der Waals surface area contributed by atoms with Crippen LogP contribution in [-0.2, 0) is 4.84 Å². The van der Waals surface area contributed by atoms with Gasteiger partial charge >= 0.3 is 6.08 Å². The summed E-state index contributed by atoms with van der Waals surface area (Å²) in [6.07, 6.45) is 0.629. The zero-order valence-electron chi connectivity index (χ0n) is 10.9. The molecular formula is C12H17F3N2OS. The van der Waals surface area contributed by atoms with Crippen molar-refractivity contribution in [2.24, 2.45) is 10.1 Å². The summed E-state index contributed by atoms with van der Waals surface area (Å²) in [6, 6.07) is 0. The van der Waals surface area contributed by atoms with Crippen LogP contribution in [0.25, 0.3) is 0 Å². The van der Waals surface area contributed by atoms with Crippen molar-refractivity contribution >= 4 is 22.7 Å². The molecule has 0 bridgehead atoms. The molecule has 0 saturated carbocycles. The molecule has 1 aliphatic rings.